The van der Waals surface area contributed by atoms with E-state index in [1.165, 1.54) is 0 Å². The number of nitrogens with two attached hydrogens (primary N) is 1. The van der Waals surface area contributed by atoms with Gasteiger partial charge < -0.3 is 10.6 Å². The predicted molar refractivity (Wildman–Crippen MR) is 95.4 cm³/mol. The van der Waals surface area contributed by atoms with Crippen molar-refractivity contribution in [3.63, 3.8) is 0 Å². The zero-order valence-electron chi connectivity index (χ0n) is 13.3. The SMILES string of the molecule is CC(C)(C)c1ccc(C(=O)O/N=C(/N)c2ccc(Br)cc2)cc1. The van der Waals surface area contributed by atoms with Crippen molar-refractivity contribution in [2.45, 2.75) is 26.2 Å². The van der Waals surface area contributed by atoms with Crippen LogP contribution >= 0.6 is 15.9 Å². The Bertz CT molecular complexity index is 714. The van der Waals surface area contributed by atoms with Gasteiger partial charge in [0.1, 0.15) is 0 Å². The molecule has 0 saturated heterocycles. The van der Waals surface area contributed by atoms with Crippen molar-refractivity contribution < 1.29 is 9.63 Å². The first-order chi connectivity index (χ1) is 10.8. The van der Waals surface area contributed by atoms with Gasteiger partial charge in [-0.3, -0.25) is 0 Å². The fourth-order valence-corrected chi connectivity index (χ4v) is 2.19. The summed E-state index contributed by atoms with van der Waals surface area (Å²) in [6.07, 6.45) is 0. The minimum atomic E-state index is -0.537. The molecule has 4 nitrogen and oxygen atoms in total. The third-order valence-electron chi connectivity index (χ3n) is 3.35. The van der Waals surface area contributed by atoms with E-state index >= 15 is 0 Å². The lowest BCUT2D eigenvalue weighted by atomic mass is 9.87. The summed E-state index contributed by atoms with van der Waals surface area (Å²) >= 11 is 3.34. The Kier molecular flexibility index (Phi) is 5.21. The normalized spacial score (nSPS) is 12.1. The van der Waals surface area contributed by atoms with Crippen LogP contribution in [0, 0.1) is 0 Å². The van der Waals surface area contributed by atoms with Crippen LogP contribution in [0.5, 0.6) is 0 Å². The average molecular weight is 375 g/mol. The molecule has 0 heterocycles. The Morgan fingerprint density at radius 3 is 2.04 bits per heavy atom. The number of benzene rings is 2. The Balaban J connectivity index is 2.07. The summed E-state index contributed by atoms with van der Waals surface area (Å²) in [6.45, 7) is 6.34. The van der Waals surface area contributed by atoms with Gasteiger partial charge in [-0.15, -0.1) is 0 Å². The average Bonchev–Trinajstić information content (AvgIpc) is 2.52. The topological polar surface area (TPSA) is 64.7 Å². The summed E-state index contributed by atoms with van der Waals surface area (Å²) in [5.74, 6) is -0.386. The smallest absolute Gasteiger partial charge is 0.365 e. The lowest BCUT2D eigenvalue weighted by Gasteiger charge is -2.18. The Labute approximate surface area is 144 Å². The largest absolute Gasteiger partial charge is 0.380 e. The molecule has 0 bridgehead atoms. The molecular weight excluding hydrogens is 356 g/mol. The summed E-state index contributed by atoms with van der Waals surface area (Å²) < 4.78 is 0.935. The fraction of sp³-hybridized carbons (Fsp3) is 0.222. The van der Waals surface area contributed by atoms with Gasteiger partial charge in [-0.25, -0.2) is 4.79 Å². The number of carbonyl (C=O) groups is 1. The van der Waals surface area contributed by atoms with Gasteiger partial charge >= 0.3 is 5.97 Å². The molecule has 0 spiro atoms. The van der Waals surface area contributed by atoms with Crippen LogP contribution < -0.4 is 5.73 Å². The van der Waals surface area contributed by atoms with Crippen molar-refractivity contribution in [3.8, 4) is 0 Å². The van der Waals surface area contributed by atoms with E-state index in [1.54, 1.807) is 24.3 Å². The monoisotopic (exact) mass is 374 g/mol. The maximum absolute atomic E-state index is 12.0. The number of halogens is 1. The summed E-state index contributed by atoms with van der Waals surface area (Å²) in [6, 6.07) is 14.5. The van der Waals surface area contributed by atoms with Crippen molar-refractivity contribution in [2.75, 3.05) is 0 Å². The van der Waals surface area contributed by atoms with Gasteiger partial charge in [0.05, 0.1) is 5.56 Å². The van der Waals surface area contributed by atoms with E-state index in [0.29, 0.717) is 11.1 Å². The number of oxime groups is 1. The van der Waals surface area contributed by atoms with Gasteiger partial charge in [-0.2, -0.15) is 0 Å². The maximum atomic E-state index is 12.0. The van der Waals surface area contributed by atoms with E-state index in [-0.39, 0.29) is 11.3 Å². The van der Waals surface area contributed by atoms with Gasteiger partial charge in [-0.1, -0.05) is 66.1 Å². The molecule has 0 radical (unpaired) electrons. The second kappa shape index (κ2) is 6.96. The first kappa shape index (κ1) is 17.2. The van der Waals surface area contributed by atoms with Crippen LogP contribution in [0.1, 0.15) is 42.3 Å². The molecule has 23 heavy (non-hydrogen) atoms. The van der Waals surface area contributed by atoms with Crippen LogP contribution in [-0.4, -0.2) is 11.8 Å². The lowest BCUT2D eigenvalue weighted by molar-refractivity contribution is 0.0516. The highest BCUT2D eigenvalue weighted by atomic mass is 79.9. The Morgan fingerprint density at radius 2 is 1.52 bits per heavy atom. The standard InChI is InChI=1S/C18H19BrN2O2/c1-18(2,3)14-8-4-13(5-9-14)17(22)23-21-16(20)12-6-10-15(19)11-7-12/h4-11H,1-3H3,(H2,20,21). The molecule has 120 valence electrons. The van der Waals surface area contributed by atoms with E-state index < -0.39 is 5.97 Å². The molecule has 0 amide bonds. The van der Waals surface area contributed by atoms with Crippen LogP contribution in [0.4, 0.5) is 0 Å². The third-order valence-corrected chi connectivity index (χ3v) is 3.88. The summed E-state index contributed by atoms with van der Waals surface area (Å²) in [7, 11) is 0. The molecule has 0 unspecified atom stereocenters. The van der Waals surface area contributed by atoms with Gasteiger partial charge in [-0.05, 0) is 35.2 Å². The lowest BCUT2D eigenvalue weighted by Crippen LogP contribution is -2.15. The van der Waals surface area contributed by atoms with Gasteiger partial charge in [0.25, 0.3) is 0 Å². The minimum Gasteiger partial charge on any atom is -0.380 e. The molecule has 0 saturated carbocycles. The maximum Gasteiger partial charge on any atom is 0.365 e. The molecule has 0 fully saturated rings. The van der Waals surface area contributed by atoms with E-state index in [9.17, 15) is 4.79 Å². The first-order valence-electron chi connectivity index (χ1n) is 7.18. The summed E-state index contributed by atoms with van der Waals surface area (Å²) in [5.41, 5.74) is 8.11. The molecule has 2 aromatic rings. The summed E-state index contributed by atoms with van der Waals surface area (Å²) in [4.78, 5) is 16.9. The fourth-order valence-electron chi connectivity index (χ4n) is 1.92. The van der Waals surface area contributed by atoms with Crippen molar-refractivity contribution >= 4 is 27.7 Å². The molecular formula is C18H19BrN2O2. The van der Waals surface area contributed by atoms with Gasteiger partial charge in [0.2, 0.25) is 0 Å². The quantitative estimate of drug-likeness (QED) is 0.378. The third kappa shape index (κ3) is 4.66. The van der Waals surface area contributed by atoms with Crippen LogP contribution in [0.15, 0.2) is 58.2 Å². The highest BCUT2D eigenvalue weighted by Crippen LogP contribution is 2.22. The predicted octanol–water partition coefficient (Wildman–Crippen LogP) is 4.22. The number of amidine groups is 1. The van der Waals surface area contributed by atoms with E-state index in [4.69, 9.17) is 10.6 Å². The minimum absolute atomic E-state index is 0.0343. The van der Waals surface area contributed by atoms with Crippen LogP contribution in [0.2, 0.25) is 0 Å². The molecule has 2 N–H and O–H groups in total. The Hall–Kier alpha value is -2.14. The molecule has 2 aromatic carbocycles. The van der Waals surface area contributed by atoms with Crippen molar-refractivity contribution in [1.82, 2.24) is 0 Å². The number of carbonyl (C=O) groups excluding carboxylic acids is 1. The van der Waals surface area contributed by atoms with Gasteiger partial charge in [0.15, 0.2) is 5.84 Å². The summed E-state index contributed by atoms with van der Waals surface area (Å²) in [5, 5.41) is 3.70. The number of hydrogen-bond acceptors (Lipinski definition) is 3. The second-order valence-corrected chi connectivity index (χ2v) is 7.11. The highest BCUT2D eigenvalue weighted by Gasteiger charge is 2.15. The van der Waals surface area contributed by atoms with E-state index in [2.05, 4.69) is 41.9 Å². The molecule has 0 aliphatic carbocycles. The molecule has 0 aromatic heterocycles. The molecule has 0 aliphatic rings. The van der Waals surface area contributed by atoms with Crippen molar-refractivity contribution in [2.24, 2.45) is 10.9 Å². The molecule has 2 rings (SSSR count). The van der Waals surface area contributed by atoms with Crippen LogP contribution in [-0.2, 0) is 10.3 Å². The van der Waals surface area contributed by atoms with Crippen molar-refractivity contribution in [1.29, 1.82) is 0 Å². The zero-order valence-corrected chi connectivity index (χ0v) is 14.9. The molecule has 5 heteroatoms. The van der Waals surface area contributed by atoms with E-state index in [1.807, 2.05) is 24.3 Å². The number of nitrogens with zero attached hydrogens (tertiary/aromatic N) is 1. The highest BCUT2D eigenvalue weighted by molar-refractivity contribution is 9.10. The zero-order chi connectivity index (χ0) is 17.0. The molecule has 0 aliphatic heterocycles. The van der Waals surface area contributed by atoms with E-state index in [0.717, 1.165) is 10.0 Å². The number of rotatable bonds is 3. The van der Waals surface area contributed by atoms with Crippen LogP contribution in [0.25, 0.3) is 0 Å². The number of hydrogen-bond donors (Lipinski definition) is 1. The Morgan fingerprint density at radius 1 is 1.00 bits per heavy atom. The molecule has 0 atom stereocenters. The second-order valence-electron chi connectivity index (χ2n) is 6.19. The van der Waals surface area contributed by atoms with Crippen molar-refractivity contribution in [3.05, 3.63) is 69.7 Å². The van der Waals surface area contributed by atoms with Gasteiger partial charge in [0, 0.05) is 10.0 Å². The first-order valence-corrected chi connectivity index (χ1v) is 7.98. The van der Waals surface area contributed by atoms with Crippen LogP contribution in [0.3, 0.4) is 0 Å².